The summed E-state index contributed by atoms with van der Waals surface area (Å²) in [6, 6.07) is 89.7. The summed E-state index contributed by atoms with van der Waals surface area (Å²) in [6.45, 7) is 0. The number of benzene rings is 11. The van der Waals surface area contributed by atoms with E-state index in [9.17, 15) is 0 Å². The molecule has 0 amide bonds. The smallest absolute Gasteiger partial charge is 0.0634 e. The van der Waals surface area contributed by atoms with Crippen LogP contribution in [0.2, 0.25) is 0 Å². The second-order valence-electron chi connectivity index (χ2n) is 18.3. The molecule has 15 aromatic rings. The van der Waals surface area contributed by atoms with Crippen molar-refractivity contribution < 1.29 is 0 Å². The number of para-hydroxylation sites is 2. The van der Waals surface area contributed by atoms with Crippen LogP contribution in [0.4, 0.5) is 0 Å². The van der Waals surface area contributed by atoms with E-state index in [0.717, 1.165) is 0 Å². The van der Waals surface area contributed by atoms with Gasteiger partial charge in [0.1, 0.15) is 0 Å². The molecule has 314 valence electrons. The molecule has 0 bridgehead atoms. The molecule has 0 N–H and O–H groups in total. The van der Waals surface area contributed by atoms with Gasteiger partial charge in [-0.1, -0.05) is 206 Å². The van der Waals surface area contributed by atoms with Gasteiger partial charge in [-0.2, -0.15) is 0 Å². The third-order valence-electron chi connectivity index (χ3n) is 14.8. The molecule has 0 spiro atoms. The summed E-state index contributed by atoms with van der Waals surface area (Å²) in [6.07, 6.45) is 0. The van der Waals surface area contributed by atoms with Crippen molar-refractivity contribution in [1.29, 1.82) is 0 Å². The van der Waals surface area contributed by atoms with Crippen molar-refractivity contribution in [2.45, 2.75) is 0 Å². The van der Waals surface area contributed by atoms with Gasteiger partial charge in [0.25, 0.3) is 0 Å². The van der Waals surface area contributed by atoms with Gasteiger partial charge in [0.2, 0.25) is 0 Å². The molecule has 0 unspecified atom stereocenters. The Morgan fingerprint density at radius 2 is 0.500 bits per heavy atom. The van der Waals surface area contributed by atoms with Crippen molar-refractivity contribution in [2.24, 2.45) is 0 Å². The number of rotatable bonds is 6. The van der Waals surface area contributed by atoms with Gasteiger partial charge in [0, 0.05) is 43.1 Å². The highest BCUT2D eigenvalue weighted by atomic mass is 14.9. The van der Waals surface area contributed by atoms with Crippen molar-refractivity contribution in [3.8, 4) is 66.8 Å². The number of hydrogen-bond donors (Lipinski definition) is 0. The van der Waals surface area contributed by atoms with Gasteiger partial charge in [0.05, 0.1) is 33.1 Å². The van der Waals surface area contributed by atoms with Crippen LogP contribution < -0.4 is 0 Å². The Bertz CT molecular complexity index is 4040. The molecule has 0 saturated heterocycles. The van der Waals surface area contributed by atoms with Crippen LogP contribution in [0.3, 0.4) is 0 Å². The molecule has 0 aliphatic rings. The van der Waals surface area contributed by atoms with E-state index in [1.54, 1.807) is 0 Å². The van der Waals surface area contributed by atoms with Gasteiger partial charge < -0.3 is 8.80 Å². The fourth-order valence-corrected chi connectivity index (χ4v) is 12.1. The summed E-state index contributed by atoms with van der Waals surface area (Å²) in [7, 11) is 0. The van der Waals surface area contributed by atoms with E-state index >= 15 is 0 Å². The number of aromatic nitrogens is 2. The molecular weight excluding hydrogens is 821 g/mol. The van der Waals surface area contributed by atoms with E-state index in [-0.39, 0.29) is 0 Å². The molecule has 2 heteroatoms. The predicted molar refractivity (Wildman–Crippen MR) is 288 cm³/mol. The van der Waals surface area contributed by atoms with Crippen LogP contribution in [0.15, 0.2) is 243 Å². The first-order valence-corrected chi connectivity index (χ1v) is 23.6. The highest BCUT2D eigenvalue weighted by Gasteiger charge is 2.29. The minimum atomic E-state index is 1.21. The zero-order valence-corrected chi connectivity index (χ0v) is 37.0. The molecule has 0 atom stereocenters. The molecule has 0 aliphatic carbocycles. The lowest BCUT2D eigenvalue weighted by molar-refractivity contribution is 1.37. The van der Waals surface area contributed by atoms with Crippen molar-refractivity contribution in [2.75, 3.05) is 0 Å². The summed E-state index contributed by atoms with van der Waals surface area (Å²) in [5.41, 5.74) is 22.1. The Morgan fingerprint density at radius 1 is 0.206 bits per heavy atom. The van der Waals surface area contributed by atoms with Crippen LogP contribution >= 0.6 is 0 Å². The molecular formula is C66H40N2. The Labute approximate surface area is 392 Å². The highest BCUT2D eigenvalue weighted by Crippen LogP contribution is 2.53. The van der Waals surface area contributed by atoms with Crippen LogP contribution in [0.5, 0.6) is 0 Å². The minimum absolute atomic E-state index is 1.21. The zero-order chi connectivity index (χ0) is 44.5. The summed E-state index contributed by atoms with van der Waals surface area (Å²) in [4.78, 5) is 0. The molecule has 0 fully saturated rings. The zero-order valence-electron chi connectivity index (χ0n) is 37.0. The van der Waals surface area contributed by atoms with E-state index in [4.69, 9.17) is 0 Å². The van der Waals surface area contributed by atoms with E-state index in [1.165, 1.54) is 143 Å². The van der Waals surface area contributed by atoms with Crippen LogP contribution in [-0.2, 0) is 0 Å². The minimum Gasteiger partial charge on any atom is -0.308 e. The fourth-order valence-electron chi connectivity index (χ4n) is 12.1. The van der Waals surface area contributed by atoms with Crippen molar-refractivity contribution >= 4 is 76.2 Å². The Kier molecular flexibility index (Phi) is 7.81. The lowest BCUT2D eigenvalue weighted by Crippen LogP contribution is -1.91. The van der Waals surface area contributed by atoms with Crippen molar-refractivity contribution in [3.63, 3.8) is 0 Å². The van der Waals surface area contributed by atoms with Crippen LogP contribution in [0.1, 0.15) is 0 Å². The van der Waals surface area contributed by atoms with Gasteiger partial charge >= 0.3 is 0 Å². The predicted octanol–water partition coefficient (Wildman–Crippen LogP) is 18.0. The maximum absolute atomic E-state index is 2.57. The molecule has 0 radical (unpaired) electrons. The lowest BCUT2D eigenvalue weighted by Gasteiger charge is -2.17. The molecule has 2 nitrogen and oxygen atoms in total. The lowest BCUT2D eigenvalue weighted by atomic mass is 9.86. The molecule has 15 rings (SSSR count). The fraction of sp³-hybridized carbons (Fsp3) is 0. The average molecular weight is 861 g/mol. The summed E-state index contributed by atoms with van der Waals surface area (Å²) >= 11 is 0. The van der Waals surface area contributed by atoms with Crippen LogP contribution in [-0.4, -0.2) is 8.80 Å². The first-order chi connectivity index (χ1) is 33.8. The van der Waals surface area contributed by atoms with Gasteiger partial charge in [-0.25, -0.2) is 0 Å². The van der Waals surface area contributed by atoms with Gasteiger partial charge in [-0.05, 0) is 103 Å². The highest BCUT2D eigenvalue weighted by molar-refractivity contribution is 6.45. The summed E-state index contributed by atoms with van der Waals surface area (Å²) < 4.78 is 5.14. The molecule has 68 heavy (non-hydrogen) atoms. The van der Waals surface area contributed by atoms with E-state index in [2.05, 4.69) is 251 Å². The summed E-state index contributed by atoms with van der Waals surface area (Å²) in [5.74, 6) is 0. The number of hydrogen-bond acceptors (Lipinski definition) is 0. The van der Waals surface area contributed by atoms with Gasteiger partial charge in [0.15, 0.2) is 0 Å². The topological polar surface area (TPSA) is 8.82 Å². The molecule has 11 aromatic carbocycles. The maximum Gasteiger partial charge on any atom is 0.0634 e. The maximum atomic E-state index is 2.57. The largest absolute Gasteiger partial charge is 0.308 e. The molecule has 0 aliphatic heterocycles. The molecule has 0 saturated carbocycles. The summed E-state index contributed by atoms with van der Waals surface area (Å²) in [5, 5.41) is 10.4. The SMILES string of the molecule is c1ccc(-c2cccc(-c3ccccc3)c2-c2ccc3c(c2)c2c4c5ccccc5n5c6ccc(-c7c(-c8ccccc8)cccc7-c7ccccc7)cc6c(c6c7ccccc7n3c62)c45)cc1. The average Bonchev–Trinajstić information content (AvgIpc) is 4.15. The standard InChI is InChI=1S/C66H40N2/c1-5-19-41(20-6-1)47-29-17-30-48(42-21-7-2-8-22-42)59(47)45-35-37-57-53(39-45)63-61-51-27-13-16-34-56(51)68-58-38-36-46(40-54(58)64(66(61)68)62-52-28-14-15-33-55(52)67(57)65(62)63)60-49(43-23-9-3-10-24-43)31-18-32-50(60)44-25-11-4-12-26-44/h1-40H. The monoisotopic (exact) mass is 860 g/mol. The molecule has 4 heterocycles. The third-order valence-corrected chi connectivity index (χ3v) is 14.8. The first kappa shape index (κ1) is 37.3. The Balaban J connectivity index is 1.09. The quantitative estimate of drug-likeness (QED) is 0.157. The Morgan fingerprint density at radius 3 is 0.853 bits per heavy atom. The molecule has 4 aromatic heterocycles. The van der Waals surface area contributed by atoms with E-state index in [1.807, 2.05) is 0 Å². The second-order valence-corrected chi connectivity index (χ2v) is 18.3. The Hall–Kier alpha value is -8.98. The normalized spacial score (nSPS) is 12.1. The van der Waals surface area contributed by atoms with Crippen LogP contribution in [0, 0.1) is 0 Å². The third kappa shape index (κ3) is 5.12. The first-order valence-electron chi connectivity index (χ1n) is 23.6. The van der Waals surface area contributed by atoms with E-state index in [0.29, 0.717) is 0 Å². The van der Waals surface area contributed by atoms with E-state index < -0.39 is 0 Å². The number of fused-ring (bicyclic) bond motifs is 14. The second kappa shape index (κ2) is 14.3. The van der Waals surface area contributed by atoms with Gasteiger partial charge in [-0.3, -0.25) is 0 Å². The van der Waals surface area contributed by atoms with Crippen molar-refractivity contribution in [3.05, 3.63) is 243 Å². The number of nitrogens with zero attached hydrogens (tertiary/aromatic N) is 2. The van der Waals surface area contributed by atoms with Crippen LogP contribution in [0.25, 0.3) is 143 Å². The van der Waals surface area contributed by atoms with Gasteiger partial charge in [-0.15, -0.1) is 0 Å². The van der Waals surface area contributed by atoms with Crippen molar-refractivity contribution in [1.82, 2.24) is 8.80 Å².